The maximum Gasteiger partial charge on any atom is 0.123 e. The number of hydrogen-bond donors (Lipinski definition) is 1. The van der Waals surface area contributed by atoms with Crippen LogP contribution in [0.15, 0.2) is 24.3 Å². The Kier molecular flexibility index (Phi) is 5.34. The molecule has 1 aromatic rings. The molecule has 2 unspecified atom stereocenters. The quantitative estimate of drug-likeness (QED) is 0.794. The van der Waals surface area contributed by atoms with Crippen LogP contribution in [-0.2, 0) is 0 Å². The first kappa shape index (κ1) is 14.5. The fourth-order valence-corrected chi connectivity index (χ4v) is 2.84. The van der Waals surface area contributed by atoms with E-state index in [2.05, 4.69) is 24.1 Å². The van der Waals surface area contributed by atoms with Gasteiger partial charge in [0.25, 0.3) is 0 Å². The smallest absolute Gasteiger partial charge is 0.123 e. The first-order chi connectivity index (χ1) is 9.20. The Bertz CT molecular complexity index is 394. The summed E-state index contributed by atoms with van der Waals surface area (Å²) < 4.78 is 13.3. The lowest BCUT2D eigenvalue weighted by molar-refractivity contribution is 0.251. The third-order valence-corrected chi connectivity index (χ3v) is 4.06. The highest BCUT2D eigenvalue weighted by Crippen LogP contribution is 2.27. The molecule has 1 aliphatic heterocycles. The molecule has 2 rings (SSSR count). The topological polar surface area (TPSA) is 15.3 Å². The summed E-state index contributed by atoms with van der Waals surface area (Å²) in [6.45, 7) is 8.83. The molecule has 106 valence electrons. The molecule has 0 aliphatic carbocycles. The number of likely N-dealkylation sites (tertiary alicyclic amines) is 1. The Hall–Kier alpha value is -0.930. The van der Waals surface area contributed by atoms with Crippen molar-refractivity contribution in [3.8, 4) is 0 Å². The van der Waals surface area contributed by atoms with Crippen molar-refractivity contribution in [2.75, 3.05) is 26.2 Å². The maximum atomic E-state index is 13.3. The van der Waals surface area contributed by atoms with Gasteiger partial charge in [0.1, 0.15) is 5.82 Å². The normalized spacial score (nSPS) is 21.7. The van der Waals surface area contributed by atoms with Crippen molar-refractivity contribution in [3.05, 3.63) is 35.6 Å². The van der Waals surface area contributed by atoms with Crippen LogP contribution in [0.3, 0.4) is 0 Å². The third kappa shape index (κ3) is 4.02. The summed E-state index contributed by atoms with van der Waals surface area (Å²) in [7, 11) is 0. The second-order valence-corrected chi connectivity index (χ2v) is 5.58. The van der Waals surface area contributed by atoms with E-state index < -0.39 is 0 Å². The summed E-state index contributed by atoms with van der Waals surface area (Å²) in [5.74, 6) is 0.604. The van der Waals surface area contributed by atoms with Crippen molar-refractivity contribution < 1.29 is 4.39 Å². The van der Waals surface area contributed by atoms with Crippen molar-refractivity contribution in [3.63, 3.8) is 0 Å². The highest BCUT2D eigenvalue weighted by Gasteiger charge is 2.26. The van der Waals surface area contributed by atoms with Crippen LogP contribution >= 0.6 is 0 Å². The molecule has 0 aromatic heterocycles. The van der Waals surface area contributed by atoms with Crippen LogP contribution in [-0.4, -0.2) is 31.1 Å². The third-order valence-electron chi connectivity index (χ3n) is 4.06. The van der Waals surface area contributed by atoms with Gasteiger partial charge in [-0.15, -0.1) is 0 Å². The maximum absolute atomic E-state index is 13.3. The molecular formula is C16H25FN2. The summed E-state index contributed by atoms with van der Waals surface area (Å²) in [6, 6.07) is 7.31. The summed E-state index contributed by atoms with van der Waals surface area (Å²) in [4.78, 5) is 2.47. The molecule has 3 heteroatoms. The average molecular weight is 264 g/mol. The van der Waals surface area contributed by atoms with E-state index in [-0.39, 0.29) is 5.82 Å². The van der Waals surface area contributed by atoms with E-state index in [0.29, 0.717) is 6.04 Å². The molecule has 1 N–H and O–H groups in total. The van der Waals surface area contributed by atoms with Gasteiger partial charge in [0, 0.05) is 12.6 Å². The highest BCUT2D eigenvalue weighted by molar-refractivity contribution is 5.20. The predicted molar refractivity (Wildman–Crippen MR) is 77.7 cm³/mol. The summed E-state index contributed by atoms with van der Waals surface area (Å²) in [5, 5.41) is 3.50. The van der Waals surface area contributed by atoms with Crippen LogP contribution in [0.2, 0.25) is 0 Å². The molecule has 1 aliphatic rings. The van der Waals surface area contributed by atoms with Gasteiger partial charge in [0.2, 0.25) is 0 Å². The highest BCUT2D eigenvalue weighted by atomic mass is 19.1. The van der Waals surface area contributed by atoms with E-state index in [4.69, 9.17) is 0 Å². The van der Waals surface area contributed by atoms with E-state index in [1.807, 2.05) is 6.07 Å². The van der Waals surface area contributed by atoms with E-state index in [9.17, 15) is 4.39 Å². The van der Waals surface area contributed by atoms with Crippen LogP contribution in [0.4, 0.5) is 4.39 Å². The van der Waals surface area contributed by atoms with E-state index >= 15 is 0 Å². The van der Waals surface area contributed by atoms with E-state index in [0.717, 1.165) is 37.7 Å². The molecule has 1 saturated heterocycles. The van der Waals surface area contributed by atoms with Gasteiger partial charge in [-0.2, -0.15) is 0 Å². The molecule has 1 aromatic carbocycles. The number of nitrogens with zero attached hydrogens (tertiary/aromatic N) is 1. The van der Waals surface area contributed by atoms with Gasteiger partial charge >= 0.3 is 0 Å². The standard InChI is InChI=1S/C16H25FN2/c1-3-8-18-11-14-7-9-19(12-14)13(2)15-5-4-6-16(17)10-15/h4-6,10,13-14,18H,3,7-9,11-12H2,1-2H3. The van der Waals surface area contributed by atoms with Crippen LogP contribution in [0, 0.1) is 11.7 Å². The molecule has 1 fully saturated rings. The van der Waals surface area contributed by atoms with E-state index in [1.165, 1.54) is 18.9 Å². The molecule has 0 radical (unpaired) electrons. The minimum atomic E-state index is -0.135. The molecule has 1 heterocycles. The monoisotopic (exact) mass is 264 g/mol. The Morgan fingerprint density at radius 3 is 3.05 bits per heavy atom. The van der Waals surface area contributed by atoms with Crippen molar-refractivity contribution in [2.24, 2.45) is 5.92 Å². The zero-order chi connectivity index (χ0) is 13.7. The van der Waals surface area contributed by atoms with Gasteiger partial charge in [-0.25, -0.2) is 4.39 Å². The Morgan fingerprint density at radius 1 is 1.47 bits per heavy atom. The van der Waals surface area contributed by atoms with E-state index in [1.54, 1.807) is 12.1 Å². The lowest BCUT2D eigenvalue weighted by atomic mass is 10.1. The zero-order valence-electron chi connectivity index (χ0n) is 12.0. The molecule has 0 saturated carbocycles. The number of halogens is 1. The summed E-state index contributed by atoms with van der Waals surface area (Å²) in [5.41, 5.74) is 1.09. The van der Waals surface area contributed by atoms with Gasteiger partial charge in [0.05, 0.1) is 0 Å². The van der Waals surface area contributed by atoms with Crippen molar-refractivity contribution in [2.45, 2.75) is 32.7 Å². The Labute approximate surface area is 116 Å². The lowest BCUT2D eigenvalue weighted by Gasteiger charge is -2.25. The van der Waals surface area contributed by atoms with Crippen molar-refractivity contribution in [1.29, 1.82) is 0 Å². The van der Waals surface area contributed by atoms with Crippen LogP contribution < -0.4 is 5.32 Å². The van der Waals surface area contributed by atoms with Crippen LogP contribution in [0.5, 0.6) is 0 Å². The molecule has 2 atom stereocenters. The molecule has 0 amide bonds. The molecule has 0 spiro atoms. The van der Waals surface area contributed by atoms with Crippen molar-refractivity contribution in [1.82, 2.24) is 10.2 Å². The summed E-state index contributed by atoms with van der Waals surface area (Å²) >= 11 is 0. The van der Waals surface area contributed by atoms with Gasteiger partial charge in [-0.05, 0) is 63.0 Å². The zero-order valence-corrected chi connectivity index (χ0v) is 12.0. The number of hydrogen-bond acceptors (Lipinski definition) is 2. The van der Waals surface area contributed by atoms with Crippen molar-refractivity contribution >= 4 is 0 Å². The predicted octanol–water partition coefficient (Wildman–Crippen LogP) is 3.21. The minimum Gasteiger partial charge on any atom is -0.316 e. The second-order valence-electron chi connectivity index (χ2n) is 5.58. The Morgan fingerprint density at radius 2 is 2.32 bits per heavy atom. The largest absolute Gasteiger partial charge is 0.316 e. The van der Waals surface area contributed by atoms with Gasteiger partial charge in [-0.1, -0.05) is 19.1 Å². The first-order valence-corrected chi connectivity index (χ1v) is 7.41. The molecular weight excluding hydrogens is 239 g/mol. The lowest BCUT2D eigenvalue weighted by Crippen LogP contribution is -2.28. The number of nitrogens with one attached hydrogen (secondary N) is 1. The number of rotatable bonds is 6. The molecule has 19 heavy (non-hydrogen) atoms. The van der Waals surface area contributed by atoms with Gasteiger partial charge in [-0.3, -0.25) is 4.90 Å². The Balaban J connectivity index is 1.86. The molecule has 0 bridgehead atoms. The minimum absolute atomic E-state index is 0.135. The molecule has 2 nitrogen and oxygen atoms in total. The first-order valence-electron chi connectivity index (χ1n) is 7.41. The van der Waals surface area contributed by atoms with Crippen LogP contribution in [0.25, 0.3) is 0 Å². The number of benzene rings is 1. The average Bonchev–Trinajstić information content (AvgIpc) is 2.87. The second kappa shape index (κ2) is 7.01. The van der Waals surface area contributed by atoms with Gasteiger partial charge < -0.3 is 5.32 Å². The van der Waals surface area contributed by atoms with Gasteiger partial charge in [0.15, 0.2) is 0 Å². The summed E-state index contributed by atoms with van der Waals surface area (Å²) in [6.07, 6.45) is 2.44. The SMILES string of the molecule is CCCNCC1CCN(C(C)c2cccc(F)c2)C1. The fraction of sp³-hybridized carbons (Fsp3) is 0.625. The fourth-order valence-electron chi connectivity index (χ4n) is 2.84. The van der Waals surface area contributed by atoms with Crippen LogP contribution in [0.1, 0.15) is 38.3 Å².